The Morgan fingerprint density at radius 1 is 1.44 bits per heavy atom. The number of benzene rings is 1. The van der Waals surface area contributed by atoms with Crippen LogP contribution < -0.4 is 11.3 Å². The Bertz CT molecular complexity index is 301. The summed E-state index contributed by atoms with van der Waals surface area (Å²) in [4.78, 5) is 1.29. The van der Waals surface area contributed by atoms with Gasteiger partial charge in [-0.25, -0.2) is 0 Å². The predicted octanol–water partition coefficient (Wildman–Crippen LogP) is 1.65. The summed E-state index contributed by atoms with van der Waals surface area (Å²) in [7, 11) is 0. The molecule has 1 fully saturated rings. The van der Waals surface area contributed by atoms with Crippen molar-refractivity contribution in [3.05, 3.63) is 30.3 Å². The van der Waals surface area contributed by atoms with Crippen LogP contribution in [0.3, 0.4) is 0 Å². The molecule has 0 spiro atoms. The van der Waals surface area contributed by atoms with E-state index in [0.717, 1.165) is 25.4 Å². The quantitative estimate of drug-likeness (QED) is 0.465. The number of rotatable bonds is 5. The largest absolute Gasteiger partial charge is 0.381 e. The van der Waals surface area contributed by atoms with Gasteiger partial charge in [-0.3, -0.25) is 11.3 Å². The van der Waals surface area contributed by atoms with Crippen LogP contribution in [0.4, 0.5) is 0 Å². The van der Waals surface area contributed by atoms with E-state index in [1.165, 1.54) is 4.90 Å². The number of nitrogens with one attached hydrogen (secondary N) is 1. The first kappa shape index (κ1) is 11.9. The van der Waals surface area contributed by atoms with Gasteiger partial charge in [0.05, 0.1) is 6.61 Å². The fraction of sp³-hybridized carbons (Fsp3) is 0.500. The summed E-state index contributed by atoms with van der Waals surface area (Å²) in [5.74, 6) is 7.15. The predicted molar refractivity (Wildman–Crippen MR) is 67.2 cm³/mol. The minimum Gasteiger partial charge on any atom is -0.381 e. The van der Waals surface area contributed by atoms with E-state index in [1.807, 2.05) is 17.8 Å². The van der Waals surface area contributed by atoms with Crippen molar-refractivity contribution in [1.82, 2.24) is 5.43 Å². The van der Waals surface area contributed by atoms with E-state index in [4.69, 9.17) is 10.6 Å². The maximum Gasteiger partial charge on any atom is 0.0510 e. The lowest BCUT2D eigenvalue weighted by atomic mass is 10.0. The Morgan fingerprint density at radius 2 is 2.25 bits per heavy atom. The van der Waals surface area contributed by atoms with E-state index in [0.29, 0.717) is 12.0 Å². The molecule has 0 radical (unpaired) electrons. The van der Waals surface area contributed by atoms with Crippen molar-refractivity contribution in [2.24, 2.45) is 11.8 Å². The highest BCUT2D eigenvalue weighted by atomic mass is 32.2. The molecule has 1 heterocycles. The Labute approximate surface area is 101 Å². The molecule has 0 aliphatic carbocycles. The first-order chi connectivity index (χ1) is 7.90. The second kappa shape index (κ2) is 6.25. The van der Waals surface area contributed by atoms with Gasteiger partial charge in [0, 0.05) is 29.2 Å². The lowest BCUT2D eigenvalue weighted by Gasteiger charge is -2.20. The summed E-state index contributed by atoms with van der Waals surface area (Å²) >= 11 is 1.84. The van der Waals surface area contributed by atoms with Crippen LogP contribution in [0.2, 0.25) is 0 Å². The topological polar surface area (TPSA) is 47.3 Å². The van der Waals surface area contributed by atoms with Gasteiger partial charge in [-0.15, -0.1) is 11.8 Å². The molecule has 2 rings (SSSR count). The van der Waals surface area contributed by atoms with Crippen molar-refractivity contribution >= 4 is 11.8 Å². The van der Waals surface area contributed by atoms with Gasteiger partial charge in [0.2, 0.25) is 0 Å². The van der Waals surface area contributed by atoms with Crippen molar-refractivity contribution in [1.29, 1.82) is 0 Å². The van der Waals surface area contributed by atoms with Gasteiger partial charge >= 0.3 is 0 Å². The summed E-state index contributed by atoms with van der Waals surface area (Å²) in [5.41, 5.74) is 2.91. The van der Waals surface area contributed by atoms with Crippen LogP contribution in [0.5, 0.6) is 0 Å². The van der Waals surface area contributed by atoms with Crippen LogP contribution in [-0.4, -0.2) is 25.0 Å². The third-order valence-electron chi connectivity index (χ3n) is 2.92. The maximum absolute atomic E-state index is 5.60. The van der Waals surface area contributed by atoms with E-state index in [9.17, 15) is 0 Å². The Balaban J connectivity index is 1.83. The number of ether oxygens (including phenoxy) is 1. The van der Waals surface area contributed by atoms with E-state index in [1.54, 1.807) is 0 Å². The third-order valence-corrected chi connectivity index (χ3v) is 4.05. The molecule has 3 nitrogen and oxygen atoms in total. The number of thioether (sulfide) groups is 1. The molecule has 1 saturated heterocycles. The summed E-state index contributed by atoms with van der Waals surface area (Å²) in [6, 6.07) is 10.8. The molecule has 2 atom stereocenters. The highest BCUT2D eigenvalue weighted by molar-refractivity contribution is 7.99. The molecule has 1 aromatic carbocycles. The molecule has 0 saturated carbocycles. The van der Waals surface area contributed by atoms with Crippen LogP contribution in [0, 0.1) is 5.92 Å². The molecule has 16 heavy (non-hydrogen) atoms. The van der Waals surface area contributed by atoms with Crippen molar-refractivity contribution in [3.63, 3.8) is 0 Å². The summed E-state index contributed by atoms with van der Waals surface area (Å²) < 4.78 is 5.39. The highest BCUT2D eigenvalue weighted by Crippen LogP contribution is 2.23. The highest BCUT2D eigenvalue weighted by Gasteiger charge is 2.24. The molecule has 1 aliphatic rings. The Morgan fingerprint density at radius 3 is 2.88 bits per heavy atom. The molecule has 0 bridgehead atoms. The lowest BCUT2D eigenvalue weighted by molar-refractivity contribution is 0.179. The lowest BCUT2D eigenvalue weighted by Crippen LogP contribution is -2.43. The van der Waals surface area contributed by atoms with E-state index >= 15 is 0 Å². The maximum atomic E-state index is 5.60. The molecule has 3 N–H and O–H groups in total. The van der Waals surface area contributed by atoms with Crippen LogP contribution in [0.15, 0.2) is 35.2 Å². The van der Waals surface area contributed by atoms with Crippen molar-refractivity contribution in [2.45, 2.75) is 17.4 Å². The van der Waals surface area contributed by atoms with Crippen molar-refractivity contribution in [3.8, 4) is 0 Å². The molecule has 0 aromatic heterocycles. The van der Waals surface area contributed by atoms with Crippen LogP contribution >= 0.6 is 11.8 Å². The molecule has 4 heteroatoms. The fourth-order valence-corrected chi connectivity index (χ4v) is 2.98. The molecule has 88 valence electrons. The summed E-state index contributed by atoms with van der Waals surface area (Å²) in [6.07, 6.45) is 1.12. The molecule has 2 unspecified atom stereocenters. The summed E-state index contributed by atoms with van der Waals surface area (Å²) in [5, 5.41) is 0. The standard InChI is InChI=1S/C12H18N2OS/c13-14-12(10-6-7-15-8-10)9-16-11-4-2-1-3-5-11/h1-5,10,12,14H,6-9,13H2. The van der Waals surface area contributed by atoms with Gasteiger partial charge in [-0.05, 0) is 18.6 Å². The van der Waals surface area contributed by atoms with E-state index in [2.05, 4.69) is 29.7 Å². The Kier molecular flexibility index (Phi) is 4.66. The monoisotopic (exact) mass is 238 g/mol. The van der Waals surface area contributed by atoms with E-state index in [-0.39, 0.29) is 0 Å². The second-order valence-corrected chi connectivity index (χ2v) is 5.11. The normalized spacial score (nSPS) is 22.2. The fourth-order valence-electron chi connectivity index (χ4n) is 1.89. The van der Waals surface area contributed by atoms with E-state index < -0.39 is 0 Å². The smallest absolute Gasteiger partial charge is 0.0510 e. The van der Waals surface area contributed by atoms with Gasteiger partial charge in [0.1, 0.15) is 0 Å². The molecular formula is C12H18N2OS. The number of nitrogens with two attached hydrogens (primary N) is 1. The number of hydrogen-bond acceptors (Lipinski definition) is 4. The molecule has 1 aliphatic heterocycles. The van der Waals surface area contributed by atoms with Gasteiger partial charge in [-0.1, -0.05) is 18.2 Å². The van der Waals surface area contributed by atoms with Gasteiger partial charge in [0.15, 0.2) is 0 Å². The minimum absolute atomic E-state index is 0.340. The average Bonchev–Trinajstić information content (AvgIpc) is 2.85. The molecule has 0 amide bonds. The SMILES string of the molecule is NNC(CSc1ccccc1)C1CCOC1. The van der Waals surface area contributed by atoms with Crippen molar-refractivity contribution < 1.29 is 4.74 Å². The first-order valence-electron chi connectivity index (χ1n) is 5.62. The van der Waals surface area contributed by atoms with Crippen molar-refractivity contribution in [2.75, 3.05) is 19.0 Å². The zero-order valence-electron chi connectivity index (χ0n) is 9.26. The van der Waals surface area contributed by atoms with Gasteiger partial charge in [-0.2, -0.15) is 0 Å². The Hall–Kier alpha value is -0.550. The zero-order chi connectivity index (χ0) is 11.2. The average molecular weight is 238 g/mol. The minimum atomic E-state index is 0.340. The zero-order valence-corrected chi connectivity index (χ0v) is 10.1. The number of hydrazine groups is 1. The van der Waals surface area contributed by atoms with Crippen LogP contribution in [0.25, 0.3) is 0 Å². The summed E-state index contributed by atoms with van der Waals surface area (Å²) in [6.45, 7) is 1.71. The third kappa shape index (κ3) is 3.22. The van der Waals surface area contributed by atoms with Gasteiger partial charge < -0.3 is 4.74 Å². The molecular weight excluding hydrogens is 220 g/mol. The molecule has 1 aromatic rings. The van der Waals surface area contributed by atoms with Crippen LogP contribution in [-0.2, 0) is 4.74 Å². The first-order valence-corrected chi connectivity index (χ1v) is 6.60. The second-order valence-electron chi connectivity index (χ2n) is 4.02. The van der Waals surface area contributed by atoms with Gasteiger partial charge in [0.25, 0.3) is 0 Å². The van der Waals surface area contributed by atoms with Crippen LogP contribution in [0.1, 0.15) is 6.42 Å². The number of hydrogen-bond donors (Lipinski definition) is 2.